The molecule has 1 N–H and O–H groups in total. The Hall–Kier alpha value is -4.64. The van der Waals surface area contributed by atoms with Gasteiger partial charge in [-0.05, 0) is 23.8 Å². The van der Waals surface area contributed by atoms with Gasteiger partial charge in [0.1, 0.15) is 11.9 Å². The van der Waals surface area contributed by atoms with Crippen LogP contribution in [0.1, 0.15) is 22.3 Å². The number of nitriles is 1. The number of hydrogen-bond donors (Lipinski definition) is 1. The monoisotopic (exact) mass is 437 g/mol. The first-order valence-electron chi connectivity index (χ1n) is 10.2. The number of rotatable bonds is 4. The molecule has 0 amide bonds. The smallest absolute Gasteiger partial charge is 0.317 e. The van der Waals surface area contributed by atoms with Gasteiger partial charge < -0.3 is 9.73 Å². The summed E-state index contributed by atoms with van der Waals surface area (Å²) in [5.74, 6) is -0.786. The number of aliphatic imine (C=N–C) groups is 1. The van der Waals surface area contributed by atoms with E-state index >= 15 is 0 Å². The fraction of sp³-hybridized carbons (Fsp3) is 0.0800. The predicted octanol–water partition coefficient (Wildman–Crippen LogP) is 4.15. The summed E-state index contributed by atoms with van der Waals surface area (Å²) in [7, 11) is 0. The number of anilines is 1. The summed E-state index contributed by atoms with van der Waals surface area (Å²) < 4.78 is 19.6. The van der Waals surface area contributed by atoms with Crippen molar-refractivity contribution in [1.82, 2.24) is 10.2 Å². The van der Waals surface area contributed by atoms with Gasteiger partial charge in [-0.2, -0.15) is 5.26 Å². The molecule has 1 aliphatic rings. The van der Waals surface area contributed by atoms with E-state index in [1.54, 1.807) is 6.07 Å². The van der Waals surface area contributed by atoms with Gasteiger partial charge in [0.25, 0.3) is 0 Å². The van der Waals surface area contributed by atoms with Crippen molar-refractivity contribution in [2.45, 2.75) is 12.6 Å². The fourth-order valence-corrected chi connectivity index (χ4v) is 3.65. The average molecular weight is 437 g/mol. The van der Waals surface area contributed by atoms with Crippen LogP contribution in [0, 0.1) is 17.1 Å². The first-order chi connectivity index (χ1) is 16.1. The highest BCUT2D eigenvalue weighted by Gasteiger charge is 2.27. The maximum Gasteiger partial charge on any atom is 0.317 e. The SMILES string of the molecule is N#Cc1ccc(-c2nnc(N[C@H]3N=C(c4ccccc4)c4ccccc4CC3=O)o2)cc1F. The molecule has 0 aliphatic carbocycles. The van der Waals surface area contributed by atoms with E-state index in [2.05, 4.69) is 15.5 Å². The molecule has 33 heavy (non-hydrogen) atoms. The van der Waals surface area contributed by atoms with Crippen molar-refractivity contribution in [3.05, 3.63) is 101 Å². The molecule has 7 nitrogen and oxygen atoms in total. The standard InChI is InChI=1S/C25H16FN5O2/c26-20-12-17(10-11-18(20)14-27)24-30-31-25(33-24)29-23-21(32)13-16-8-4-5-9-19(16)22(28-23)15-6-2-1-3-7-15/h1-12,23H,13H2,(H,29,31)/t23-/m1/s1. The van der Waals surface area contributed by atoms with Crippen molar-refractivity contribution in [1.29, 1.82) is 5.26 Å². The summed E-state index contributed by atoms with van der Waals surface area (Å²) >= 11 is 0. The van der Waals surface area contributed by atoms with E-state index < -0.39 is 12.0 Å². The largest absolute Gasteiger partial charge is 0.403 e. The second kappa shape index (κ2) is 8.48. The highest BCUT2D eigenvalue weighted by Crippen LogP contribution is 2.25. The Balaban J connectivity index is 1.48. The van der Waals surface area contributed by atoms with Crippen molar-refractivity contribution in [2.75, 3.05) is 5.32 Å². The number of Topliss-reactive ketones (excluding diaryl/α,β-unsaturated/α-hetero) is 1. The Labute approximate surface area is 188 Å². The minimum atomic E-state index is -0.946. The van der Waals surface area contributed by atoms with Gasteiger partial charge in [-0.3, -0.25) is 9.79 Å². The zero-order valence-electron chi connectivity index (χ0n) is 17.2. The third kappa shape index (κ3) is 4.00. The van der Waals surface area contributed by atoms with Crippen LogP contribution < -0.4 is 5.32 Å². The number of ketones is 1. The minimum Gasteiger partial charge on any atom is -0.403 e. The molecule has 0 saturated carbocycles. The quantitative estimate of drug-likeness (QED) is 0.514. The van der Waals surface area contributed by atoms with Crippen LogP contribution in [0.4, 0.5) is 10.4 Å². The molecule has 4 aromatic rings. The van der Waals surface area contributed by atoms with Crippen molar-refractivity contribution in [3.63, 3.8) is 0 Å². The Bertz CT molecular complexity index is 1420. The lowest BCUT2D eigenvalue weighted by atomic mass is 9.96. The van der Waals surface area contributed by atoms with Crippen LogP contribution in [-0.2, 0) is 11.2 Å². The molecule has 1 atom stereocenters. The zero-order valence-corrected chi connectivity index (χ0v) is 17.2. The molecular weight excluding hydrogens is 421 g/mol. The van der Waals surface area contributed by atoms with Crippen LogP contribution >= 0.6 is 0 Å². The number of hydrogen-bond acceptors (Lipinski definition) is 7. The van der Waals surface area contributed by atoms with Gasteiger partial charge in [0.2, 0.25) is 5.89 Å². The molecule has 8 heteroatoms. The molecule has 1 aromatic heterocycles. The summed E-state index contributed by atoms with van der Waals surface area (Å²) in [4.78, 5) is 17.7. The third-order valence-electron chi connectivity index (χ3n) is 5.27. The van der Waals surface area contributed by atoms with Gasteiger partial charge in [0.05, 0.1) is 11.3 Å². The molecule has 0 spiro atoms. The number of aromatic nitrogens is 2. The van der Waals surface area contributed by atoms with Crippen LogP contribution in [0.3, 0.4) is 0 Å². The number of nitrogens with one attached hydrogen (secondary N) is 1. The van der Waals surface area contributed by atoms with Gasteiger partial charge in [-0.25, -0.2) is 4.39 Å². The van der Waals surface area contributed by atoms with E-state index in [1.807, 2.05) is 54.6 Å². The van der Waals surface area contributed by atoms with E-state index in [0.717, 1.165) is 22.8 Å². The van der Waals surface area contributed by atoms with Gasteiger partial charge in [0.15, 0.2) is 11.9 Å². The molecular formula is C25H16FN5O2. The van der Waals surface area contributed by atoms with Crippen LogP contribution in [0.5, 0.6) is 0 Å². The Morgan fingerprint density at radius 1 is 1.00 bits per heavy atom. The van der Waals surface area contributed by atoms with Crippen molar-refractivity contribution in [3.8, 4) is 17.5 Å². The summed E-state index contributed by atoms with van der Waals surface area (Å²) in [6, 6.07) is 23.0. The molecule has 0 fully saturated rings. The molecule has 160 valence electrons. The first kappa shape index (κ1) is 20.3. The van der Waals surface area contributed by atoms with E-state index in [-0.39, 0.29) is 29.7 Å². The predicted molar refractivity (Wildman–Crippen MR) is 119 cm³/mol. The van der Waals surface area contributed by atoms with Gasteiger partial charge in [-0.15, -0.1) is 5.10 Å². The number of benzene rings is 3. The number of carbonyl (C=O) groups excluding carboxylic acids is 1. The highest BCUT2D eigenvalue weighted by atomic mass is 19.1. The van der Waals surface area contributed by atoms with Crippen LogP contribution in [0.25, 0.3) is 11.5 Å². The van der Waals surface area contributed by atoms with Gasteiger partial charge >= 0.3 is 6.01 Å². The molecule has 2 heterocycles. The van der Waals surface area contributed by atoms with E-state index in [4.69, 9.17) is 14.7 Å². The fourth-order valence-electron chi connectivity index (χ4n) is 3.65. The van der Waals surface area contributed by atoms with Crippen molar-refractivity contribution < 1.29 is 13.6 Å². The second-order valence-electron chi connectivity index (χ2n) is 7.41. The number of fused-ring (bicyclic) bond motifs is 1. The van der Waals surface area contributed by atoms with Crippen LogP contribution in [0.15, 0.2) is 82.2 Å². The van der Waals surface area contributed by atoms with Gasteiger partial charge in [0, 0.05) is 23.1 Å². The number of carbonyl (C=O) groups is 1. The lowest BCUT2D eigenvalue weighted by Crippen LogP contribution is -2.29. The topological polar surface area (TPSA) is 104 Å². The summed E-state index contributed by atoms with van der Waals surface area (Å²) in [5.41, 5.74) is 3.58. The first-order valence-corrected chi connectivity index (χ1v) is 10.2. The zero-order chi connectivity index (χ0) is 22.8. The van der Waals surface area contributed by atoms with E-state index in [0.29, 0.717) is 11.3 Å². The van der Waals surface area contributed by atoms with E-state index in [1.165, 1.54) is 12.1 Å². The normalized spacial score (nSPS) is 15.2. The van der Waals surface area contributed by atoms with Crippen LogP contribution in [0.2, 0.25) is 0 Å². The lowest BCUT2D eigenvalue weighted by molar-refractivity contribution is -0.119. The maximum atomic E-state index is 14.0. The minimum absolute atomic E-state index is 0.0183. The third-order valence-corrected chi connectivity index (χ3v) is 5.27. The Morgan fingerprint density at radius 2 is 1.79 bits per heavy atom. The Kier molecular flexibility index (Phi) is 5.21. The average Bonchev–Trinajstić information content (AvgIpc) is 3.26. The summed E-state index contributed by atoms with van der Waals surface area (Å²) in [6.07, 6.45) is -0.756. The molecule has 0 unspecified atom stereocenters. The lowest BCUT2D eigenvalue weighted by Gasteiger charge is -2.11. The molecule has 1 aliphatic heterocycles. The van der Waals surface area contributed by atoms with Gasteiger partial charge in [-0.1, -0.05) is 59.7 Å². The number of halogens is 1. The molecule has 0 radical (unpaired) electrons. The Morgan fingerprint density at radius 3 is 2.58 bits per heavy atom. The summed E-state index contributed by atoms with van der Waals surface area (Å²) in [6.45, 7) is 0. The van der Waals surface area contributed by atoms with Crippen molar-refractivity contribution >= 4 is 17.5 Å². The molecule has 0 saturated heterocycles. The summed E-state index contributed by atoms with van der Waals surface area (Å²) in [5, 5.41) is 19.7. The van der Waals surface area contributed by atoms with Crippen LogP contribution in [-0.4, -0.2) is 27.9 Å². The second-order valence-corrected chi connectivity index (χ2v) is 7.41. The highest BCUT2D eigenvalue weighted by molar-refractivity contribution is 6.16. The number of nitrogens with zero attached hydrogens (tertiary/aromatic N) is 4. The molecule has 5 rings (SSSR count). The van der Waals surface area contributed by atoms with E-state index in [9.17, 15) is 9.18 Å². The molecule has 0 bridgehead atoms. The van der Waals surface area contributed by atoms with Crippen molar-refractivity contribution in [2.24, 2.45) is 4.99 Å². The maximum absolute atomic E-state index is 14.0. The molecule has 3 aromatic carbocycles.